The van der Waals surface area contributed by atoms with E-state index in [1.54, 1.807) is 7.11 Å². The van der Waals surface area contributed by atoms with Crippen molar-refractivity contribution in [1.29, 1.82) is 0 Å². The van der Waals surface area contributed by atoms with Gasteiger partial charge in [-0.25, -0.2) is 0 Å². The number of hydrogen-bond donors (Lipinski definition) is 1. The number of hydrogen-bond acceptors (Lipinski definition) is 3. The number of benzene rings is 1. The number of nitrogens with zero attached hydrogens (tertiary/aromatic N) is 1. The van der Waals surface area contributed by atoms with Gasteiger partial charge in [0.15, 0.2) is 0 Å². The van der Waals surface area contributed by atoms with Crippen molar-refractivity contribution in [3.63, 3.8) is 0 Å². The van der Waals surface area contributed by atoms with Gasteiger partial charge in [0.05, 0.1) is 13.2 Å². The second kappa shape index (κ2) is 6.46. The van der Waals surface area contributed by atoms with Crippen molar-refractivity contribution in [2.24, 2.45) is 0 Å². The quantitative estimate of drug-likeness (QED) is 0.909. The van der Waals surface area contributed by atoms with E-state index >= 15 is 0 Å². The summed E-state index contributed by atoms with van der Waals surface area (Å²) >= 11 is 0. The smallest absolute Gasteiger partial charge is 0.244 e. The fraction of sp³-hybridized carbons (Fsp3) is 0.533. The largest absolute Gasteiger partial charge is 0.497 e. The number of fused-ring (bicyclic) bond motifs is 1. The highest BCUT2D eigenvalue weighted by atomic mass is 35.5. The van der Waals surface area contributed by atoms with E-state index in [1.807, 2.05) is 23.1 Å². The molecule has 20 heavy (non-hydrogen) atoms. The van der Waals surface area contributed by atoms with E-state index in [0.29, 0.717) is 0 Å². The third-order valence-corrected chi connectivity index (χ3v) is 4.06. The molecule has 1 unspecified atom stereocenters. The number of piperidine rings is 1. The fourth-order valence-electron chi connectivity index (χ4n) is 2.98. The van der Waals surface area contributed by atoms with Crippen LogP contribution in [-0.4, -0.2) is 32.1 Å². The van der Waals surface area contributed by atoms with Crippen molar-refractivity contribution in [3.8, 4) is 5.75 Å². The van der Waals surface area contributed by atoms with E-state index < -0.39 is 0 Å². The number of methoxy groups -OCH3 is 1. The first-order valence-corrected chi connectivity index (χ1v) is 7.01. The van der Waals surface area contributed by atoms with Crippen molar-refractivity contribution in [2.45, 2.75) is 31.7 Å². The van der Waals surface area contributed by atoms with Crippen LogP contribution in [0.15, 0.2) is 18.2 Å². The van der Waals surface area contributed by atoms with Crippen LogP contribution in [0.4, 0.5) is 5.69 Å². The van der Waals surface area contributed by atoms with Crippen LogP contribution in [0.25, 0.3) is 0 Å². The van der Waals surface area contributed by atoms with Crippen LogP contribution in [0.5, 0.6) is 5.75 Å². The molecule has 0 bridgehead atoms. The van der Waals surface area contributed by atoms with Gasteiger partial charge in [-0.1, -0.05) is 6.42 Å². The molecule has 0 spiro atoms. The van der Waals surface area contributed by atoms with Crippen molar-refractivity contribution in [1.82, 2.24) is 5.32 Å². The molecule has 1 aromatic rings. The normalized spacial score (nSPS) is 21.1. The molecule has 5 heteroatoms. The average molecular weight is 297 g/mol. The van der Waals surface area contributed by atoms with Crippen LogP contribution in [0, 0.1) is 0 Å². The Balaban J connectivity index is 0.00000147. The zero-order valence-electron chi connectivity index (χ0n) is 11.7. The Kier molecular flexibility index (Phi) is 4.89. The lowest BCUT2D eigenvalue weighted by Gasteiger charge is -2.27. The summed E-state index contributed by atoms with van der Waals surface area (Å²) in [6, 6.07) is 5.97. The van der Waals surface area contributed by atoms with Gasteiger partial charge >= 0.3 is 0 Å². The van der Waals surface area contributed by atoms with Gasteiger partial charge < -0.3 is 15.0 Å². The summed E-state index contributed by atoms with van der Waals surface area (Å²) < 4.78 is 5.24. The molecule has 1 N–H and O–H groups in total. The van der Waals surface area contributed by atoms with E-state index in [0.717, 1.165) is 43.8 Å². The monoisotopic (exact) mass is 296 g/mol. The maximum absolute atomic E-state index is 12.5. The van der Waals surface area contributed by atoms with Gasteiger partial charge in [-0.05, 0) is 49.6 Å². The minimum Gasteiger partial charge on any atom is -0.497 e. The molecule has 1 amide bonds. The van der Waals surface area contributed by atoms with E-state index in [1.165, 1.54) is 12.0 Å². The van der Waals surface area contributed by atoms with E-state index in [4.69, 9.17) is 4.74 Å². The van der Waals surface area contributed by atoms with Crippen LogP contribution in [0.2, 0.25) is 0 Å². The number of rotatable bonds is 2. The van der Waals surface area contributed by atoms with Gasteiger partial charge in [-0.15, -0.1) is 12.4 Å². The summed E-state index contributed by atoms with van der Waals surface area (Å²) in [7, 11) is 1.67. The molecule has 3 rings (SSSR count). The third kappa shape index (κ3) is 2.76. The molecule has 1 saturated heterocycles. The summed E-state index contributed by atoms with van der Waals surface area (Å²) in [5.74, 6) is 1.09. The Labute approximate surface area is 125 Å². The minimum atomic E-state index is 0. The number of nitrogens with one attached hydrogen (secondary N) is 1. The Morgan fingerprint density at radius 3 is 2.95 bits per heavy atom. The van der Waals surface area contributed by atoms with E-state index in [2.05, 4.69) is 5.32 Å². The van der Waals surface area contributed by atoms with Gasteiger partial charge in [-0.3, -0.25) is 4.79 Å². The number of anilines is 1. The summed E-state index contributed by atoms with van der Waals surface area (Å²) in [6.07, 6.45) is 4.20. The molecular formula is C15H21ClN2O2. The van der Waals surface area contributed by atoms with E-state index in [9.17, 15) is 4.79 Å². The highest BCUT2D eigenvalue weighted by Crippen LogP contribution is 2.32. The SMILES string of the molecule is COc1ccc2c(c1)CCN2C(=O)C1CCCCN1.Cl. The van der Waals surface area contributed by atoms with Crippen LogP contribution in [-0.2, 0) is 11.2 Å². The lowest BCUT2D eigenvalue weighted by Crippen LogP contribution is -2.48. The zero-order valence-corrected chi connectivity index (χ0v) is 12.5. The van der Waals surface area contributed by atoms with Crippen LogP contribution >= 0.6 is 12.4 Å². The number of carbonyl (C=O) groups is 1. The first-order valence-electron chi connectivity index (χ1n) is 7.01. The molecule has 1 atom stereocenters. The molecular weight excluding hydrogens is 276 g/mol. The molecule has 0 aromatic heterocycles. The highest BCUT2D eigenvalue weighted by Gasteiger charge is 2.30. The summed E-state index contributed by atoms with van der Waals surface area (Å²) in [4.78, 5) is 14.5. The van der Waals surface area contributed by atoms with Crippen molar-refractivity contribution < 1.29 is 9.53 Å². The molecule has 0 radical (unpaired) electrons. The van der Waals surface area contributed by atoms with Crippen LogP contribution in [0.3, 0.4) is 0 Å². The molecule has 4 nitrogen and oxygen atoms in total. The second-order valence-electron chi connectivity index (χ2n) is 5.24. The average Bonchev–Trinajstić information content (AvgIpc) is 2.90. The molecule has 2 aliphatic rings. The molecule has 110 valence electrons. The number of ether oxygens (including phenoxy) is 1. The molecule has 0 aliphatic carbocycles. The van der Waals surface area contributed by atoms with E-state index in [-0.39, 0.29) is 24.4 Å². The minimum absolute atomic E-state index is 0. The fourth-order valence-corrected chi connectivity index (χ4v) is 2.98. The Hall–Kier alpha value is -1.26. The summed E-state index contributed by atoms with van der Waals surface area (Å²) in [5, 5.41) is 3.33. The van der Waals surface area contributed by atoms with Gasteiger partial charge in [0.2, 0.25) is 5.91 Å². The zero-order chi connectivity index (χ0) is 13.2. The Bertz CT molecular complexity index is 487. The Morgan fingerprint density at radius 1 is 1.40 bits per heavy atom. The van der Waals surface area contributed by atoms with Gasteiger partial charge in [0, 0.05) is 12.2 Å². The topological polar surface area (TPSA) is 41.6 Å². The second-order valence-corrected chi connectivity index (χ2v) is 5.24. The predicted octanol–water partition coefficient (Wildman–Crippen LogP) is 2.15. The maximum atomic E-state index is 12.5. The number of carbonyl (C=O) groups excluding carboxylic acids is 1. The van der Waals surface area contributed by atoms with Crippen LogP contribution in [0.1, 0.15) is 24.8 Å². The highest BCUT2D eigenvalue weighted by molar-refractivity contribution is 5.99. The lowest BCUT2D eigenvalue weighted by atomic mass is 10.0. The molecule has 1 fully saturated rings. The Morgan fingerprint density at radius 2 is 2.25 bits per heavy atom. The molecule has 2 heterocycles. The van der Waals surface area contributed by atoms with Crippen molar-refractivity contribution in [3.05, 3.63) is 23.8 Å². The predicted molar refractivity (Wildman–Crippen MR) is 81.9 cm³/mol. The first kappa shape index (κ1) is 15.1. The lowest BCUT2D eigenvalue weighted by molar-refractivity contribution is -0.121. The van der Waals surface area contributed by atoms with Crippen molar-refractivity contribution in [2.75, 3.05) is 25.1 Å². The summed E-state index contributed by atoms with van der Waals surface area (Å²) in [5.41, 5.74) is 2.27. The molecule has 1 aromatic carbocycles. The maximum Gasteiger partial charge on any atom is 0.244 e. The third-order valence-electron chi connectivity index (χ3n) is 4.06. The summed E-state index contributed by atoms with van der Waals surface area (Å²) in [6.45, 7) is 1.75. The van der Waals surface area contributed by atoms with Gasteiger partial charge in [0.1, 0.15) is 5.75 Å². The molecule has 0 saturated carbocycles. The van der Waals surface area contributed by atoms with Crippen molar-refractivity contribution >= 4 is 24.0 Å². The number of halogens is 1. The first-order chi connectivity index (χ1) is 9.29. The molecule has 2 aliphatic heterocycles. The van der Waals surface area contributed by atoms with Crippen LogP contribution < -0.4 is 15.0 Å². The number of amides is 1. The standard InChI is InChI=1S/C15H20N2O2.ClH/c1-19-12-5-6-14-11(10-12)7-9-17(14)15(18)13-4-2-3-8-16-13;/h5-6,10,13,16H,2-4,7-9H2,1H3;1H. The van der Waals surface area contributed by atoms with Gasteiger partial charge in [-0.2, -0.15) is 0 Å². The van der Waals surface area contributed by atoms with Gasteiger partial charge in [0.25, 0.3) is 0 Å².